The second-order valence-corrected chi connectivity index (χ2v) is 6.39. The molecule has 0 saturated carbocycles. The van der Waals surface area contributed by atoms with Crippen LogP contribution in [0.5, 0.6) is 0 Å². The van der Waals surface area contributed by atoms with E-state index in [1.165, 1.54) is 11.3 Å². The van der Waals surface area contributed by atoms with Gasteiger partial charge in [0.1, 0.15) is 4.90 Å². The Morgan fingerprint density at radius 3 is 2.61 bits per heavy atom. The molecule has 0 aliphatic rings. The van der Waals surface area contributed by atoms with E-state index in [2.05, 4.69) is 16.8 Å². The Bertz CT molecular complexity index is 640. The predicted octanol–water partition coefficient (Wildman–Crippen LogP) is 0.155. The van der Waals surface area contributed by atoms with Crippen molar-refractivity contribution in [2.75, 3.05) is 7.11 Å². The SMILES string of the molecule is COS(=O)(=O)c1csc(-c2ccccc2S)c1.[H-].[Na+]. The Labute approximate surface area is 139 Å². The molecule has 0 unspecified atom stereocenters. The van der Waals surface area contributed by atoms with E-state index in [1.54, 1.807) is 11.4 Å². The number of benzene rings is 1. The van der Waals surface area contributed by atoms with E-state index in [9.17, 15) is 8.42 Å². The predicted molar refractivity (Wildman–Crippen MR) is 72.3 cm³/mol. The van der Waals surface area contributed by atoms with Crippen molar-refractivity contribution in [2.45, 2.75) is 9.79 Å². The van der Waals surface area contributed by atoms with E-state index in [1.807, 2.05) is 24.3 Å². The first kappa shape index (κ1) is 16.2. The summed E-state index contributed by atoms with van der Waals surface area (Å²) in [5, 5.41) is 1.56. The molecule has 0 bridgehead atoms. The number of thiophene rings is 1. The van der Waals surface area contributed by atoms with E-state index in [-0.39, 0.29) is 35.9 Å². The smallest absolute Gasteiger partial charge is 1.00 e. The first-order valence-corrected chi connectivity index (χ1v) is 7.45. The molecule has 0 aliphatic carbocycles. The third kappa shape index (κ3) is 3.39. The summed E-state index contributed by atoms with van der Waals surface area (Å²) in [5.74, 6) is 0. The van der Waals surface area contributed by atoms with Crippen molar-refractivity contribution in [1.29, 1.82) is 0 Å². The maximum Gasteiger partial charge on any atom is 1.00 e. The Morgan fingerprint density at radius 2 is 2.00 bits per heavy atom. The van der Waals surface area contributed by atoms with Crippen molar-refractivity contribution in [3.63, 3.8) is 0 Å². The Hall–Kier alpha value is 0.180. The van der Waals surface area contributed by atoms with Crippen molar-refractivity contribution < 1.29 is 43.6 Å². The zero-order chi connectivity index (χ0) is 12.5. The molecule has 2 rings (SSSR count). The minimum atomic E-state index is -3.61. The third-order valence-corrected chi connectivity index (χ3v) is 5.01. The van der Waals surface area contributed by atoms with Crippen LogP contribution in [-0.4, -0.2) is 15.5 Å². The minimum Gasteiger partial charge on any atom is -1.00 e. The summed E-state index contributed by atoms with van der Waals surface area (Å²) in [5.41, 5.74) is 0.915. The van der Waals surface area contributed by atoms with Crippen LogP contribution in [0, 0.1) is 0 Å². The van der Waals surface area contributed by atoms with Crippen molar-refractivity contribution in [1.82, 2.24) is 0 Å². The summed E-state index contributed by atoms with van der Waals surface area (Å²) in [6.07, 6.45) is 0. The van der Waals surface area contributed by atoms with Crippen LogP contribution in [0.4, 0.5) is 0 Å². The van der Waals surface area contributed by atoms with Crippen LogP contribution in [0.25, 0.3) is 10.4 Å². The van der Waals surface area contributed by atoms with Crippen LogP contribution < -0.4 is 29.6 Å². The summed E-state index contributed by atoms with van der Waals surface area (Å²) in [6, 6.07) is 9.13. The largest absolute Gasteiger partial charge is 1.00 e. The van der Waals surface area contributed by atoms with Gasteiger partial charge in [0, 0.05) is 20.7 Å². The Morgan fingerprint density at radius 1 is 1.33 bits per heavy atom. The van der Waals surface area contributed by atoms with Crippen LogP contribution in [0.3, 0.4) is 0 Å². The van der Waals surface area contributed by atoms with E-state index in [0.29, 0.717) is 0 Å². The standard InChI is InChI=1S/C11H10O3S3.Na.H/c1-14-17(12,13)8-6-11(16-7-8)9-4-2-3-5-10(9)15;;/h2-7,15H,1H3;;/q;+1;-1. The molecule has 3 nitrogen and oxygen atoms in total. The van der Waals surface area contributed by atoms with Crippen LogP contribution >= 0.6 is 24.0 Å². The topological polar surface area (TPSA) is 43.4 Å². The fraction of sp³-hybridized carbons (Fsp3) is 0.0909. The molecule has 1 heterocycles. The number of thiol groups is 1. The maximum atomic E-state index is 11.5. The van der Waals surface area contributed by atoms with Gasteiger partial charge in [0.2, 0.25) is 0 Å². The van der Waals surface area contributed by atoms with Crippen molar-refractivity contribution in [2.24, 2.45) is 0 Å². The quantitative estimate of drug-likeness (QED) is 0.499. The molecule has 0 radical (unpaired) electrons. The molecule has 92 valence electrons. The molecule has 0 saturated heterocycles. The van der Waals surface area contributed by atoms with Crippen LogP contribution in [0.15, 0.2) is 45.5 Å². The van der Waals surface area contributed by atoms with Crippen LogP contribution in [-0.2, 0) is 14.3 Å². The van der Waals surface area contributed by atoms with Gasteiger partial charge in [0.15, 0.2) is 0 Å². The van der Waals surface area contributed by atoms with E-state index in [4.69, 9.17) is 0 Å². The summed E-state index contributed by atoms with van der Waals surface area (Å²) in [6.45, 7) is 0. The van der Waals surface area contributed by atoms with Gasteiger partial charge in [-0.2, -0.15) is 8.42 Å². The van der Waals surface area contributed by atoms with Gasteiger partial charge in [-0.25, -0.2) is 0 Å². The zero-order valence-electron chi connectivity index (χ0n) is 11.0. The average molecular weight is 310 g/mol. The molecule has 0 spiro atoms. The van der Waals surface area contributed by atoms with Gasteiger partial charge in [0.05, 0.1) is 7.11 Å². The first-order chi connectivity index (χ1) is 8.04. The van der Waals surface area contributed by atoms with E-state index < -0.39 is 10.1 Å². The monoisotopic (exact) mass is 310 g/mol. The molecule has 0 aliphatic heterocycles. The molecule has 2 aromatic rings. The molecule has 1 aromatic heterocycles. The minimum absolute atomic E-state index is 0. The van der Waals surface area contributed by atoms with Gasteiger partial charge in [0.25, 0.3) is 10.1 Å². The van der Waals surface area contributed by atoms with Crippen molar-refractivity contribution >= 4 is 34.1 Å². The normalized spacial score (nSPS) is 11.0. The molecular formula is C11H11NaO3S3. The molecule has 0 atom stereocenters. The average Bonchev–Trinajstić information content (AvgIpc) is 2.79. The summed E-state index contributed by atoms with van der Waals surface area (Å²) in [4.78, 5) is 1.85. The molecular weight excluding hydrogens is 299 g/mol. The van der Waals surface area contributed by atoms with Gasteiger partial charge in [-0.3, -0.25) is 4.18 Å². The van der Waals surface area contributed by atoms with Gasteiger partial charge in [-0.05, 0) is 12.1 Å². The summed E-state index contributed by atoms with van der Waals surface area (Å²) < 4.78 is 27.5. The summed E-state index contributed by atoms with van der Waals surface area (Å²) in [7, 11) is -2.46. The summed E-state index contributed by atoms with van der Waals surface area (Å²) >= 11 is 5.69. The first-order valence-electron chi connectivity index (χ1n) is 4.72. The van der Waals surface area contributed by atoms with E-state index >= 15 is 0 Å². The molecule has 18 heavy (non-hydrogen) atoms. The van der Waals surface area contributed by atoms with Gasteiger partial charge >= 0.3 is 29.6 Å². The molecule has 0 fully saturated rings. The van der Waals surface area contributed by atoms with Gasteiger partial charge in [-0.1, -0.05) is 18.2 Å². The maximum absolute atomic E-state index is 11.5. The zero-order valence-corrected chi connectivity index (χ0v) is 14.5. The molecule has 0 amide bonds. The fourth-order valence-electron chi connectivity index (χ4n) is 1.37. The van der Waals surface area contributed by atoms with Gasteiger partial charge in [-0.15, -0.1) is 24.0 Å². The number of hydrogen-bond acceptors (Lipinski definition) is 5. The molecule has 0 N–H and O–H groups in total. The van der Waals surface area contributed by atoms with Crippen LogP contribution in [0.2, 0.25) is 0 Å². The number of rotatable bonds is 3. The van der Waals surface area contributed by atoms with Crippen molar-refractivity contribution in [3.8, 4) is 10.4 Å². The van der Waals surface area contributed by atoms with Gasteiger partial charge < -0.3 is 1.43 Å². The second-order valence-electron chi connectivity index (χ2n) is 3.28. The fourth-order valence-corrected chi connectivity index (χ4v) is 3.68. The molecule has 7 heteroatoms. The van der Waals surface area contributed by atoms with Crippen molar-refractivity contribution in [3.05, 3.63) is 35.7 Å². The Kier molecular flexibility index (Phi) is 5.92. The van der Waals surface area contributed by atoms with E-state index in [0.717, 1.165) is 22.4 Å². The molecule has 1 aromatic carbocycles. The number of hydrogen-bond donors (Lipinski definition) is 1. The third-order valence-electron chi connectivity index (χ3n) is 2.25. The second kappa shape index (κ2) is 6.56. The van der Waals surface area contributed by atoms with Crippen LogP contribution in [0.1, 0.15) is 1.43 Å². The Balaban J connectivity index is 0.00000162.